The number of nitrogens with one attached hydrogen (secondary N) is 1. The number of likely N-dealkylation sites (N-methyl/N-ethyl adjacent to an activating group) is 1. The van der Waals surface area contributed by atoms with Gasteiger partial charge in [-0.1, -0.05) is 71.7 Å². The summed E-state index contributed by atoms with van der Waals surface area (Å²) in [7, 11) is 0.922. The summed E-state index contributed by atoms with van der Waals surface area (Å²) in [6.07, 6.45) is 6.81. The minimum absolute atomic E-state index is 0.0299. The molecule has 0 aliphatic heterocycles. The van der Waals surface area contributed by atoms with Crippen LogP contribution in [0, 0.1) is 34.5 Å². The van der Waals surface area contributed by atoms with E-state index in [-0.39, 0.29) is 45.5 Å². The molecule has 66 heavy (non-hydrogen) atoms. The van der Waals surface area contributed by atoms with Crippen LogP contribution >= 0.6 is 31.9 Å². The molecule has 0 aromatic heterocycles. The number of hydrogen-bond acceptors (Lipinski definition) is 6. The molecule has 2 saturated carbocycles. The molecule has 4 aliphatic rings. The summed E-state index contributed by atoms with van der Waals surface area (Å²) in [6, 6.07) is 12.7. The van der Waals surface area contributed by atoms with Gasteiger partial charge in [0.15, 0.2) is 0 Å². The van der Waals surface area contributed by atoms with E-state index in [4.69, 9.17) is 13.9 Å². The minimum atomic E-state index is -1.43. The first-order valence-corrected chi connectivity index (χ1v) is 28.0. The molecular weight excluding hydrogens is 1000 g/mol. The molecule has 4 aliphatic carbocycles. The Morgan fingerprint density at radius 3 is 1.67 bits per heavy atom. The lowest BCUT2D eigenvalue weighted by Crippen LogP contribution is -2.66. The zero-order valence-corrected chi connectivity index (χ0v) is 47.7. The molecule has 10 nitrogen and oxygen atoms in total. The first-order valence-electron chi connectivity index (χ1n) is 24.1. The van der Waals surface area contributed by atoms with Crippen molar-refractivity contribution in [3.63, 3.8) is 0 Å². The van der Waals surface area contributed by atoms with Gasteiger partial charge in [-0.15, -0.1) is 0 Å². The molecule has 6 rings (SSSR count). The number of nitrogens with zero attached hydrogens (tertiary/aromatic N) is 3. The van der Waals surface area contributed by atoms with Crippen LogP contribution in [0.25, 0.3) is 0 Å². The van der Waals surface area contributed by atoms with Crippen molar-refractivity contribution in [1.82, 2.24) is 14.5 Å². The summed E-state index contributed by atoms with van der Waals surface area (Å²) in [5.74, 6) is 1.51. The smallest absolute Gasteiger partial charge is 0.248 e. The number of rotatable bonds is 11. The van der Waals surface area contributed by atoms with Crippen LogP contribution in [0.4, 0.5) is 0 Å². The Labute approximate surface area is 420 Å². The third-order valence-electron chi connectivity index (χ3n) is 14.6. The van der Waals surface area contributed by atoms with Crippen LogP contribution in [0.5, 0.6) is 0 Å². The number of hydrogen-bond donors (Lipinski definition) is 1. The van der Waals surface area contributed by atoms with Crippen LogP contribution in [0.15, 0.2) is 49.7 Å². The summed E-state index contributed by atoms with van der Waals surface area (Å²) < 4.78 is 47.8. The Hall–Kier alpha value is -1.81. The molecule has 2 amide bonds. The van der Waals surface area contributed by atoms with E-state index in [1.165, 1.54) is 16.7 Å². The zero-order valence-electron chi connectivity index (χ0n) is 42.9. The number of methoxy groups -OCH3 is 2. The molecule has 0 saturated heterocycles. The number of amides is 2. The molecule has 372 valence electrons. The second kappa shape index (κ2) is 23.0. The highest BCUT2D eigenvalue weighted by Crippen LogP contribution is 2.61. The average molecular weight is 1080 g/mol. The predicted molar refractivity (Wildman–Crippen MR) is 281 cm³/mol. The predicted octanol–water partition coefficient (Wildman–Crippen LogP) is 11.0. The lowest BCUT2D eigenvalue weighted by Gasteiger charge is -2.54. The van der Waals surface area contributed by atoms with Crippen LogP contribution in [0.2, 0.25) is 0 Å². The van der Waals surface area contributed by atoms with Gasteiger partial charge in [-0.2, -0.15) is 4.40 Å². The van der Waals surface area contributed by atoms with Crippen LogP contribution in [0.3, 0.4) is 0 Å². The summed E-state index contributed by atoms with van der Waals surface area (Å²) in [6.45, 7) is 31.7. The largest absolute Gasteiger partial charge is 0.381 e. The van der Waals surface area contributed by atoms with Crippen LogP contribution in [-0.4, -0.2) is 98.3 Å². The normalized spacial score (nSPS) is 30.7. The molecule has 4 unspecified atom stereocenters. The van der Waals surface area contributed by atoms with Gasteiger partial charge in [0.25, 0.3) is 0 Å². The standard InChI is InChI=1S/C26H41BrN2O3S.C21H30BrNO2S.C5H11NO/c1-9-29(10-2)23(30)26(28-33(31)24(5,6)7)21-13-20(27)12-11-19(21)16-25(26)14-17(3)22(32-8)18(4)15-25;1-13-10-21(11-14(2)18(13)25-6)12-15-7-8-16(22)9-17(15)19(21)23-26(24)20(3,4)5;1-3-6(4-2)5-7/h11-13,17-18,22,28H,9-10,14-16H2,1-8H3;7-9,13-14,18H,10-12H2,1-6H3;5H,3-4H2,1-2H3/t17-,18+,22?,25?,26-,33+;13-,14+,18?,21?,26-;/m10./s1. The molecule has 11 atom stereocenters. The Morgan fingerprint density at radius 1 is 0.758 bits per heavy atom. The Balaban J connectivity index is 0.000000257. The average Bonchev–Trinajstić information content (AvgIpc) is 3.65. The van der Waals surface area contributed by atoms with E-state index in [1.54, 1.807) is 12.0 Å². The van der Waals surface area contributed by atoms with Gasteiger partial charge in [0.05, 0.1) is 38.4 Å². The second-order valence-electron chi connectivity index (χ2n) is 21.5. The van der Waals surface area contributed by atoms with E-state index in [2.05, 4.69) is 101 Å². The maximum atomic E-state index is 14.6. The number of benzene rings is 2. The number of carbonyl (C=O) groups is 2. The Morgan fingerprint density at radius 2 is 1.24 bits per heavy atom. The third kappa shape index (κ3) is 11.8. The van der Waals surface area contributed by atoms with Gasteiger partial charge in [-0.25, -0.2) is 13.1 Å². The summed E-state index contributed by atoms with van der Waals surface area (Å²) in [4.78, 5) is 28.1. The lowest BCUT2D eigenvalue weighted by molar-refractivity contribution is -0.150. The highest BCUT2D eigenvalue weighted by Gasteiger charge is 2.66. The lowest BCUT2D eigenvalue weighted by atomic mass is 9.56. The van der Waals surface area contributed by atoms with Gasteiger partial charge in [0.2, 0.25) is 12.3 Å². The molecule has 0 bridgehead atoms. The number of halogens is 2. The molecule has 2 fully saturated rings. The minimum Gasteiger partial charge on any atom is -0.381 e. The maximum absolute atomic E-state index is 14.6. The second-order valence-corrected chi connectivity index (χ2v) is 27.2. The van der Waals surface area contributed by atoms with Crippen LogP contribution in [-0.2, 0) is 59.4 Å². The van der Waals surface area contributed by atoms with Gasteiger partial charge in [0, 0.05) is 65.7 Å². The number of fused-ring (bicyclic) bond motifs is 2. The molecule has 0 heterocycles. The van der Waals surface area contributed by atoms with Crippen LogP contribution in [0.1, 0.15) is 145 Å². The van der Waals surface area contributed by atoms with Crippen molar-refractivity contribution >= 4 is 71.9 Å². The molecule has 1 N–H and O–H groups in total. The van der Waals surface area contributed by atoms with E-state index >= 15 is 0 Å². The first kappa shape index (κ1) is 56.8. The van der Waals surface area contributed by atoms with Crippen molar-refractivity contribution in [3.8, 4) is 0 Å². The molecule has 2 aromatic carbocycles. The van der Waals surface area contributed by atoms with Crippen molar-refractivity contribution in [2.24, 2.45) is 38.9 Å². The van der Waals surface area contributed by atoms with Gasteiger partial charge < -0.3 is 19.3 Å². The topological polar surface area (TPSA) is 118 Å². The van der Waals surface area contributed by atoms with Crippen molar-refractivity contribution in [2.45, 2.75) is 163 Å². The Kier molecular flexibility index (Phi) is 19.7. The summed E-state index contributed by atoms with van der Waals surface area (Å²) in [5, 5.41) is 0. The van der Waals surface area contributed by atoms with Crippen LogP contribution < -0.4 is 4.72 Å². The number of ether oxygens (including phenoxy) is 2. The molecule has 2 spiro atoms. The van der Waals surface area contributed by atoms with Gasteiger partial charge >= 0.3 is 0 Å². The highest BCUT2D eigenvalue weighted by atomic mass is 79.9. The number of carbonyl (C=O) groups excluding carboxylic acids is 2. The molecule has 14 heteroatoms. The molecular formula is C52H82Br2N4O6S2. The molecule has 2 aromatic rings. The third-order valence-corrected chi connectivity index (χ3v) is 18.6. The SMILES string of the molecule is CCN(C=O)CC.CCN(CC)C(=O)[C@]1(N[S@@](=O)C(C)(C)C)c2cc(Br)ccc2CC12C[C@@H](C)C(OC)[C@@H](C)C2.COC1[C@H](C)CC2(Cc3ccc(Br)cc3C2=N[S@@](=O)C(C)(C)C)C[C@@H]1C. The van der Waals surface area contributed by atoms with E-state index in [0.717, 1.165) is 78.2 Å². The van der Waals surface area contributed by atoms with Crippen molar-refractivity contribution in [2.75, 3.05) is 40.4 Å². The van der Waals surface area contributed by atoms with Gasteiger partial charge in [-0.05, 0) is 172 Å². The van der Waals surface area contributed by atoms with Crippen molar-refractivity contribution < 1.29 is 27.5 Å². The molecule has 0 radical (unpaired) electrons. The highest BCUT2D eigenvalue weighted by molar-refractivity contribution is 9.10. The monoisotopic (exact) mass is 1080 g/mol. The fourth-order valence-corrected chi connectivity index (χ4v) is 14.2. The van der Waals surface area contributed by atoms with E-state index in [9.17, 15) is 18.0 Å². The Bertz CT molecular complexity index is 2060. The fraction of sp³-hybridized carbons (Fsp3) is 0.712. The fourth-order valence-electron chi connectivity index (χ4n) is 11.8. The van der Waals surface area contributed by atoms with E-state index < -0.39 is 32.3 Å². The van der Waals surface area contributed by atoms with Gasteiger partial charge in [-0.3, -0.25) is 9.59 Å². The van der Waals surface area contributed by atoms with E-state index in [1.807, 2.05) is 81.2 Å². The van der Waals surface area contributed by atoms with Crippen molar-refractivity contribution in [1.29, 1.82) is 0 Å². The van der Waals surface area contributed by atoms with Gasteiger partial charge in [0.1, 0.15) is 16.5 Å². The van der Waals surface area contributed by atoms with Crippen molar-refractivity contribution in [3.05, 3.63) is 67.6 Å². The summed E-state index contributed by atoms with van der Waals surface area (Å²) >= 11 is 7.26. The first-order chi connectivity index (χ1) is 30.8. The quantitative estimate of drug-likeness (QED) is 0.224. The zero-order chi connectivity index (χ0) is 49.7. The van der Waals surface area contributed by atoms with E-state index in [0.29, 0.717) is 24.9 Å². The maximum Gasteiger partial charge on any atom is 0.248 e. The summed E-state index contributed by atoms with van der Waals surface area (Å²) in [5.41, 5.74) is 4.23.